The monoisotopic (exact) mass is 573 g/mol. The number of nitrogens with zero attached hydrogens (tertiary/aromatic N) is 2. The molecule has 0 fully saturated rings. The van der Waals surface area contributed by atoms with Crippen LogP contribution in [0.15, 0.2) is 71.2 Å². The molecule has 3 aromatic rings. The number of sulfonamides is 1. The van der Waals surface area contributed by atoms with Crippen molar-refractivity contribution in [1.29, 1.82) is 0 Å². The smallest absolute Gasteiger partial charge is 0.244 e. The van der Waals surface area contributed by atoms with Gasteiger partial charge in [0.15, 0.2) is 0 Å². The van der Waals surface area contributed by atoms with Gasteiger partial charge in [-0.3, -0.25) is 13.9 Å². The zero-order chi connectivity index (χ0) is 26.7. The molecule has 0 bridgehead atoms. The van der Waals surface area contributed by atoms with Gasteiger partial charge in [0.1, 0.15) is 12.6 Å². The Balaban J connectivity index is 2.00. The van der Waals surface area contributed by atoms with E-state index in [0.29, 0.717) is 5.69 Å². The summed E-state index contributed by atoms with van der Waals surface area (Å²) in [5, 5.41) is 4.50. The van der Waals surface area contributed by atoms with Crippen molar-refractivity contribution in [3.8, 4) is 0 Å². The van der Waals surface area contributed by atoms with Crippen molar-refractivity contribution in [3.63, 3.8) is 0 Å². The maximum Gasteiger partial charge on any atom is 0.244 e. The number of amides is 2. The van der Waals surface area contributed by atoms with E-state index in [1.165, 1.54) is 4.90 Å². The third kappa shape index (κ3) is 7.07. The second-order valence-corrected chi connectivity index (χ2v) is 12.7. The lowest BCUT2D eigenvalue weighted by molar-refractivity contribution is -0.140. The molecule has 0 saturated carbocycles. The molecule has 0 heterocycles. The zero-order valence-electron chi connectivity index (χ0n) is 21.2. The Morgan fingerprint density at radius 2 is 1.64 bits per heavy atom. The highest BCUT2D eigenvalue weighted by Crippen LogP contribution is 2.29. The molecular weight excluding hydrogens is 542 g/mol. The molecule has 1 atom stereocenters. The molecular formula is C27H32BrN3O4S. The topological polar surface area (TPSA) is 86.8 Å². The first kappa shape index (κ1) is 27.7. The van der Waals surface area contributed by atoms with Crippen molar-refractivity contribution in [2.45, 2.75) is 45.8 Å². The van der Waals surface area contributed by atoms with Crippen LogP contribution in [0.1, 0.15) is 33.3 Å². The van der Waals surface area contributed by atoms with E-state index in [2.05, 4.69) is 21.2 Å². The van der Waals surface area contributed by atoms with Crippen LogP contribution in [-0.4, -0.2) is 49.5 Å². The second kappa shape index (κ2) is 11.0. The SMILES string of the molecule is CC(C(=O)NC(C)(C)C)N(Cc1cccc(Br)c1)C(=O)CN(c1cccc2ccccc12)S(C)(=O)=O. The third-order valence-electron chi connectivity index (χ3n) is 5.62. The molecule has 36 heavy (non-hydrogen) atoms. The summed E-state index contributed by atoms with van der Waals surface area (Å²) in [5.74, 6) is -0.799. The molecule has 0 radical (unpaired) electrons. The third-order valence-corrected chi connectivity index (χ3v) is 7.24. The average Bonchev–Trinajstić information content (AvgIpc) is 2.78. The van der Waals surface area contributed by atoms with Gasteiger partial charge in [-0.05, 0) is 56.8 Å². The first-order chi connectivity index (χ1) is 16.8. The van der Waals surface area contributed by atoms with Gasteiger partial charge < -0.3 is 10.2 Å². The van der Waals surface area contributed by atoms with Gasteiger partial charge in [-0.2, -0.15) is 0 Å². The van der Waals surface area contributed by atoms with E-state index in [1.807, 2.05) is 75.4 Å². The maximum atomic E-state index is 13.7. The molecule has 3 aromatic carbocycles. The van der Waals surface area contributed by atoms with E-state index in [0.717, 1.165) is 31.4 Å². The number of benzene rings is 3. The number of halogens is 1. The molecule has 0 aliphatic carbocycles. The van der Waals surface area contributed by atoms with Crippen molar-refractivity contribution in [1.82, 2.24) is 10.2 Å². The molecule has 0 spiro atoms. The Kier molecular flexibility index (Phi) is 8.46. The summed E-state index contributed by atoms with van der Waals surface area (Å²) in [6.45, 7) is 6.95. The number of carbonyl (C=O) groups is 2. The molecule has 7 nitrogen and oxygen atoms in total. The van der Waals surface area contributed by atoms with Crippen molar-refractivity contribution in [3.05, 3.63) is 76.8 Å². The summed E-state index contributed by atoms with van der Waals surface area (Å²) in [5.41, 5.74) is 0.736. The number of rotatable bonds is 8. The summed E-state index contributed by atoms with van der Waals surface area (Å²) >= 11 is 3.44. The molecule has 0 aromatic heterocycles. The van der Waals surface area contributed by atoms with Crippen LogP contribution in [0.3, 0.4) is 0 Å². The number of anilines is 1. The minimum atomic E-state index is -3.81. The summed E-state index contributed by atoms with van der Waals surface area (Å²) in [4.78, 5) is 28.2. The molecule has 3 rings (SSSR count). The first-order valence-corrected chi connectivity index (χ1v) is 14.2. The number of hydrogen-bond acceptors (Lipinski definition) is 4. The molecule has 9 heteroatoms. The van der Waals surface area contributed by atoms with Gasteiger partial charge in [-0.1, -0.05) is 64.5 Å². The largest absolute Gasteiger partial charge is 0.350 e. The van der Waals surface area contributed by atoms with Crippen LogP contribution in [0, 0.1) is 0 Å². The highest BCUT2D eigenvalue weighted by Gasteiger charge is 2.31. The average molecular weight is 575 g/mol. The van der Waals surface area contributed by atoms with Crippen LogP contribution >= 0.6 is 15.9 Å². The molecule has 0 aliphatic heterocycles. The quantitative estimate of drug-likeness (QED) is 0.423. The number of nitrogens with one attached hydrogen (secondary N) is 1. The Morgan fingerprint density at radius 1 is 1.00 bits per heavy atom. The summed E-state index contributed by atoms with van der Waals surface area (Å²) in [7, 11) is -3.81. The Hall–Kier alpha value is -2.91. The Morgan fingerprint density at radius 3 is 2.28 bits per heavy atom. The summed E-state index contributed by atoms with van der Waals surface area (Å²) in [6, 6.07) is 19.4. The van der Waals surface area contributed by atoms with Crippen molar-refractivity contribution in [2.24, 2.45) is 0 Å². The summed E-state index contributed by atoms with van der Waals surface area (Å²) < 4.78 is 27.7. The van der Waals surface area contributed by atoms with Gasteiger partial charge in [0, 0.05) is 21.9 Å². The predicted molar refractivity (Wildman–Crippen MR) is 148 cm³/mol. The Labute approximate surface area is 221 Å². The predicted octanol–water partition coefficient (Wildman–Crippen LogP) is 4.70. The van der Waals surface area contributed by atoms with E-state index < -0.39 is 34.1 Å². The number of fused-ring (bicyclic) bond motifs is 1. The van der Waals surface area contributed by atoms with E-state index in [1.54, 1.807) is 19.1 Å². The number of hydrogen-bond donors (Lipinski definition) is 1. The molecule has 2 amide bonds. The van der Waals surface area contributed by atoms with Gasteiger partial charge in [0.2, 0.25) is 21.8 Å². The van der Waals surface area contributed by atoms with E-state index in [-0.39, 0.29) is 12.5 Å². The van der Waals surface area contributed by atoms with Gasteiger partial charge in [-0.25, -0.2) is 8.42 Å². The minimum absolute atomic E-state index is 0.143. The highest BCUT2D eigenvalue weighted by molar-refractivity contribution is 9.10. The van der Waals surface area contributed by atoms with Crippen LogP contribution in [-0.2, 0) is 26.2 Å². The summed E-state index contributed by atoms with van der Waals surface area (Å²) in [6.07, 6.45) is 1.08. The molecule has 192 valence electrons. The zero-order valence-corrected chi connectivity index (χ0v) is 23.6. The van der Waals surface area contributed by atoms with Crippen LogP contribution in [0.2, 0.25) is 0 Å². The fraction of sp³-hybridized carbons (Fsp3) is 0.333. The minimum Gasteiger partial charge on any atom is -0.350 e. The molecule has 0 saturated heterocycles. The van der Waals surface area contributed by atoms with Crippen LogP contribution in [0.25, 0.3) is 10.8 Å². The normalized spacial score (nSPS) is 12.7. The fourth-order valence-electron chi connectivity index (χ4n) is 3.91. The van der Waals surface area contributed by atoms with E-state index in [9.17, 15) is 18.0 Å². The lowest BCUT2D eigenvalue weighted by Gasteiger charge is -2.33. The van der Waals surface area contributed by atoms with Crippen molar-refractivity contribution in [2.75, 3.05) is 17.1 Å². The lowest BCUT2D eigenvalue weighted by atomic mass is 10.1. The molecule has 0 aliphatic rings. The van der Waals surface area contributed by atoms with Crippen molar-refractivity contribution < 1.29 is 18.0 Å². The maximum absolute atomic E-state index is 13.7. The first-order valence-electron chi connectivity index (χ1n) is 11.6. The van der Waals surface area contributed by atoms with Crippen LogP contribution < -0.4 is 9.62 Å². The van der Waals surface area contributed by atoms with E-state index in [4.69, 9.17) is 0 Å². The number of carbonyl (C=O) groups excluding carboxylic acids is 2. The highest BCUT2D eigenvalue weighted by atomic mass is 79.9. The van der Waals surface area contributed by atoms with Crippen LogP contribution in [0.4, 0.5) is 5.69 Å². The second-order valence-electron chi connectivity index (χ2n) is 9.83. The van der Waals surface area contributed by atoms with E-state index >= 15 is 0 Å². The van der Waals surface area contributed by atoms with Gasteiger partial charge >= 0.3 is 0 Å². The lowest BCUT2D eigenvalue weighted by Crippen LogP contribution is -2.54. The van der Waals surface area contributed by atoms with Gasteiger partial charge in [-0.15, -0.1) is 0 Å². The van der Waals surface area contributed by atoms with Gasteiger partial charge in [0.05, 0.1) is 11.9 Å². The molecule has 1 unspecified atom stereocenters. The van der Waals surface area contributed by atoms with Crippen molar-refractivity contribution >= 4 is 54.2 Å². The standard InChI is InChI=1S/C27H32BrN3O4S/c1-19(26(33)29-27(2,3)4)30(17-20-10-8-13-22(28)16-20)25(32)18-31(36(5,34)35)24-15-9-12-21-11-6-7-14-23(21)24/h6-16,19H,17-18H2,1-5H3,(H,29,33). The Bertz CT molecular complexity index is 1360. The van der Waals surface area contributed by atoms with Gasteiger partial charge in [0.25, 0.3) is 0 Å². The molecule has 1 N–H and O–H groups in total. The fourth-order valence-corrected chi connectivity index (χ4v) is 5.22. The van der Waals surface area contributed by atoms with Crippen LogP contribution in [0.5, 0.6) is 0 Å².